The van der Waals surface area contributed by atoms with Crippen LogP contribution in [0.1, 0.15) is 77.1 Å². The Hall–Kier alpha value is -0.900. The molecule has 18 heavy (non-hydrogen) atoms. The van der Waals surface area contributed by atoms with Gasteiger partial charge in [0.05, 0.1) is 0 Å². The van der Waals surface area contributed by atoms with Crippen LogP contribution in [0, 0.1) is 5.92 Å². The van der Waals surface area contributed by atoms with Crippen molar-refractivity contribution in [3.63, 3.8) is 0 Å². The van der Waals surface area contributed by atoms with Crippen LogP contribution in [0.2, 0.25) is 0 Å². The van der Waals surface area contributed by atoms with Gasteiger partial charge in [0, 0.05) is 5.41 Å². The second-order valence-electron chi connectivity index (χ2n) is 5.97. The molecule has 1 N–H and O–H groups in total. The lowest BCUT2D eigenvalue weighted by Crippen LogP contribution is -2.25. The number of hydrogen-bond donors (Lipinski definition) is 1. The minimum absolute atomic E-state index is 0.0624. The molecule has 0 saturated heterocycles. The SMILES string of the molecule is CCC(O)c1noc(C2(CC(C)C)CCCC2)n1. The minimum atomic E-state index is -0.597. The molecule has 1 aliphatic rings. The first-order valence-corrected chi connectivity index (χ1v) is 7.09. The van der Waals surface area contributed by atoms with Gasteiger partial charge in [0.25, 0.3) is 0 Å². The molecule has 1 fully saturated rings. The van der Waals surface area contributed by atoms with Gasteiger partial charge in [-0.2, -0.15) is 4.98 Å². The van der Waals surface area contributed by atoms with E-state index in [9.17, 15) is 5.11 Å². The van der Waals surface area contributed by atoms with Crippen molar-refractivity contribution in [3.8, 4) is 0 Å². The van der Waals surface area contributed by atoms with E-state index >= 15 is 0 Å². The van der Waals surface area contributed by atoms with Gasteiger partial charge in [0.15, 0.2) is 5.82 Å². The van der Waals surface area contributed by atoms with Crippen molar-refractivity contribution < 1.29 is 9.63 Å². The molecule has 1 atom stereocenters. The molecule has 0 radical (unpaired) electrons. The summed E-state index contributed by atoms with van der Waals surface area (Å²) in [6, 6.07) is 0. The van der Waals surface area contributed by atoms with Gasteiger partial charge in [0.1, 0.15) is 6.10 Å². The Morgan fingerprint density at radius 1 is 1.33 bits per heavy atom. The summed E-state index contributed by atoms with van der Waals surface area (Å²) >= 11 is 0. The minimum Gasteiger partial charge on any atom is -0.385 e. The zero-order valence-electron chi connectivity index (χ0n) is 11.6. The molecule has 4 nitrogen and oxygen atoms in total. The van der Waals surface area contributed by atoms with E-state index < -0.39 is 6.10 Å². The Balaban J connectivity index is 2.23. The van der Waals surface area contributed by atoms with E-state index in [0.29, 0.717) is 18.2 Å². The Kier molecular flexibility index (Phi) is 4.05. The van der Waals surface area contributed by atoms with Crippen molar-refractivity contribution in [1.29, 1.82) is 0 Å². The van der Waals surface area contributed by atoms with Crippen LogP contribution in [0.5, 0.6) is 0 Å². The number of aliphatic hydroxyl groups is 1. The van der Waals surface area contributed by atoms with Crippen LogP contribution < -0.4 is 0 Å². The van der Waals surface area contributed by atoms with Crippen molar-refractivity contribution in [3.05, 3.63) is 11.7 Å². The van der Waals surface area contributed by atoms with Gasteiger partial charge in [-0.25, -0.2) is 0 Å². The fraction of sp³-hybridized carbons (Fsp3) is 0.857. The monoisotopic (exact) mass is 252 g/mol. The van der Waals surface area contributed by atoms with Crippen molar-refractivity contribution >= 4 is 0 Å². The molecule has 0 aliphatic heterocycles. The standard InChI is InChI=1S/C14H24N2O2/c1-4-11(17)12-15-13(18-16-12)14(9-10(2)3)7-5-6-8-14/h10-11,17H,4-9H2,1-3H3. The fourth-order valence-corrected chi connectivity index (χ4v) is 3.11. The molecule has 4 heteroatoms. The number of nitrogens with zero attached hydrogens (tertiary/aromatic N) is 2. The highest BCUT2D eigenvalue weighted by Gasteiger charge is 2.41. The summed E-state index contributed by atoms with van der Waals surface area (Å²) in [5, 5.41) is 13.7. The van der Waals surface area contributed by atoms with Gasteiger partial charge in [-0.15, -0.1) is 0 Å². The highest BCUT2D eigenvalue weighted by molar-refractivity contribution is 5.09. The van der Waals surface area contributed by atoms with Crippen LogP contribution in [0.25, 0.3) is 0 Å². The van der Waals surface area contributed by atoms with Crippen LogP contribution in [-0.4, -0.2) is 15.2 Å². The largest absolute Gasteiger partial charge is 0.385 e. The third-order valence-corrected chi connectivity index (χ3v) is 3.94. The molecule has 1 saturated carbocycles. The van der Waals surface area contributed by atoms with Crippen LogP contribution in [-0.2, 0) is 5.41 Å². The van der Waals surface area contributed by atoms with Crippen molar-refractivity contribution in [2.45, 2.75) is 70.8 Å². The third-order valence-electron chi connectivity index (χ3n) is 3.94. The van der Waals surface area contributed by atoms with E-state index in [4.69, 9.17) is 4.52 Å². The number of aliphatic hydroxyl groups excluding tert-OH is 1. The average molecular weight is 252 g/mol. The maximum absolute atomic E-state index is 9.77. The Morgan fingerprint density at radius 3 is 2.56 bits per heavy atom. The van der Waals surface area contributed by atoms with Crippen LogP contribution in [0.3, 0.4) is 0 Å². The predicted octanol–water partition coefficient (Wildman–Crippen LogP) is 3.37. The van der Waals surface area contributed by atoms with E-state index in [2.05, 4.69) is 24.0 Å². The summed E-state index contributed by atoms with van der Waals surface area (Å²) in [7, 11) is 0. The number of aromatic nitrogens is 2. The topological polar surface area (TPSA) is 59.2 Å². The van der Waals surface area contributed by atoms with Gasteiger partial charge in [-0.05, 0) is 31.6 Å². The highest BCUT2D eigenvalue weighted by atomic mass is 16.5. The lowest BCUT2D eigenvalue weighted by atomic mass is 9.78. The first-order chi connectivity index (χ1) is 8.57. The zero-order valence-corrected chi connectivity index (χ0v) is 11.6. The van der Waals surface area contributed by atoms with Gasteiger partial charge in [-0.1, -0.05) is 38.8 Å². The second-order valence-corrected chi connectivity index (χ2v) is 5.97. The molecular formula is C14H24N2O2. The lowest BCUT2D eigenvalue weighted by molar-refractivity contribution is 0.159. The molecule has 0 aromatic carbocycles. The summed E-state index contributed by atoms with van der Waals surface area (Å²) in [4.78, 5) is 4.46. The van der Waals surface area contributed by atoms with Crippen LogP contribution >= 0.6 is 0 Å². The van der Waals surface area contributed by atoms with Crippen molar-refractivity contribution in [2.75, 3.05) is 0 Å². The zero-order chi connectivity index (χ0) is 13.2. The van der Waals surface area contributed by atoms with Gasteiger partial charge >= 0.3 is 0 Å². The second kappa shape index (κ2) is 5.39. The molecule has 1 aromatic rings. The van der Waals surface area contributed by atoms with Gasteiger partial charge < -0.3 is 9.63 Å². The first-order valence-electron chi connectivity index (χ1n) is 7.09. The maximum Gasteiger partial charge on any atom is 0.232 e. The Labute approximate surface area is 109 Å². The van der Waals surface area contributed by atoms with E-state index in [1.165, 1.54) is 12.8 Å². The predicted molar refractivity (Wildman–Crippen MR) is 69.1 cm³/mol. The molecule has 2 rings (SSSR count). The molecule has 1 unspecified atom stereocenters. The summed E-state index contributed by atoms with van der Waals surface area (Å²) in [6.07, 6.45) is 5.86. The average Bonchev–Trinajstić information content (AvgIpc) is 2.96. The summed E-state index contributed by atoms with van der Waals surface area (Å²) in [5.74, 6) is 1.81. The van der Waals surface area contributed by atoms with Crippen LogP contribution in [0.15, 0.2) is 4.52 Å². The molecule has 1 heterocycles. The fourth-order valence-electron chi connectivity index (χ4n) is 3.11. The van der Waals surface area contributed by atoms with Crippen molar-refractivity contribution in [2.24, 2.45) is 5.92 Å². The Bertz CT molecular complexity index is 381. The molecule has 0 amide bonds. The van der Waals surface area contributed by atoms with Crippen molar-refractivity contribution in [1.82, 2.24) is 10.1 Å². The molecule has 1 aromatic heterocycles. The first kappa shape index (κ1) is 13.5. The van der Waals surface area contributed by atoms with Gasteiger partial charge in [-0.3, -0.25) is 0 Å². The smallest absolute Gasteiger partial charge is 0.232 e. The molecular weight excluding hydrogens is 228 g/mol. The Morgan fingerprint density at radius 2 is 2.00 bits per heavy atom. The molecule has 0 spiro atoms. The maximum atomic E-state index is 9.77. The van der Waals surface area contributed by atoms with E-state index in [-0.39, 0.29) is 5.41 Å². The van der Waals surface area contributed by atoms with E-state index in [1.54, 1.807) is 0 Å². The summed E-state index contributed by atoms with van der Waals surface area (Å²) in [5.41, 5.74) is 0.0624. The summed E-state index contributed by atoms with van der Waals surface area (Å²) < 4.78 is 5.45. The van der Waals surface area contributed by atoms with Gasteiger partial charge in [0.2, 0.25) is 5.89 Å². The lowest BCUT2D eigenvalue weighted by Gasteiger charge is -2.26. The van der Waals surface area contributed by atoms with E-state index in [1.807, 2.05) is 6.92 Å². The van der Waals surface area contributed by atoms with E-state index in [0.717, 1.165) is 25.2 Å². The highest BCUT2D eigenvalue weighted by Crippen LogP contribution is 2.45. The molecule has 1 aliphatic carbocycles. The molecule has 102 valence electrons. The summed E-state index contributed by atoms with van der Waals surface area (Å²) in [6.45, 7) is 6.39. The normalized spacial score (nSPS) is 20.5. The third kappa shape index (κ3) is 2.58. The number of hydrogen-bond acceptors (Lipinski definition) is 4. The number of rotatable bonds is 5. The molecule has 0 bridgehead atoms. The quantitative estimate of drug-likeness (QED) is 0.872. The van der Waals surface area contributed by atoms with Crippen LogP contribution in [0.4, 0.5) is 0 Å².